The predicted octanol–water partition coefficient (Wildman–Crippen LogP) is 3.54. The van der Waals surface area contributed by atoms with Gasteiger partial charge in [0.05, 0.1) is 28.8 Å². The molecule has 0 radical (unpaired) electrons. The molecule has 0 saturated carbocycles. The standard InChI is InChI=1S/C29H36N4O5S/c1-20-8-10-24(11-9-20)39(36,37)31-26-7-5-6-25-28(26)38-27(18-32(4)17-23-12-14-30-15-13-23)21(2)16-33(29(25)35)22(3)19-34/h5-15,21-22,27,31,34H,16-19H2,1-4H3/t21-,22+,27+/m0/s1. The van der Waals surface area contributed by atoms with Crippen molar-refractivity contribution in [2.24, 2.45) is 5.92 Å². The molecule has 0 aliphatic carbocycles. The van der Waals surface area contributed by atoms with Crippen molar-refractivity contribution in [1.82, 2.24) is 14.8 Å². The Morgan fingerprint density at radius 3 is 2.51 bits per heavy atom. The Balaban J connectivity index is 1.71. The Labute approximate surface area is 230 Å². The lowest BCUT2D eigenvalue weighted by Crippen LogP contribution is -2.49. The third-order valence-corrected chi connectivity index (χ3v) is 8.34. The maximum Gasteiger partial charge on any atom is 0.262 e. The first-order valence-corrected chi connectivity index (χ1v) is 14.5. The molecule has 208 valence electrons. The molecule has 9 nitrogen and oxygen atoms in total. The molecule has 1 amide bonds. The van der Waals surface area contributed by atoms with Gasteiger partial charge >= 0.3 is 0 Å². The first-order valence-electron chi connectivity index (χ1n) is 13.0. The third kappa shape index (κ3) is 6.76. The number of aromatic nitrogens is 1. The van der Waals surface area contributed by atoms with E-state index in [0.29, 0.717) is 19.6 Å². The number of aryl methyl sites for hydroxylation is 1. The molecule has 1 aliphatic heterocycles. The van der Waals surface area contributed by atoms with E-state index >= 15 is 0 Å². The van der Waals surface area contributed by atoms with Crippen LogP contribution in [0.1, 0.15) is 35.3 Å². The number of sulfonamides is 1. The van der Waals surface area contributed by atoms with Gasteiger partial charge in [0.15, 0.2) is 5.75 Å². The molecule has 1 aliphatic rings. The van der Waals surface area contributed by atoms with Gasteiger partial charge in [0.1, 0.15) is 6.10 Å². The van der Waals surface area contributed by atoms with Crippen LogP contribution in [0.15, 0.2) is 71.9 Å². The molecule has 10 heteroatoms. The van der Waals surface area contributed by atoms with Crippen LogP contribution in [0.5, 0.6) is 5.75 Å². The highest BCUT2D eigenvalue weighted by molar-refractivity contribution is 7.92. The van der Waals surface area contributed by atoms with Crippen molar-refractivity contribution in [3.05, 3.63) is 83.7 Å². The number of rotatable bonds is 9. The predicted molar refractivity (Wildman–Crippen MR) is 150 cm³/mol. The van der Waals surface area contributed by atoms with Gasteiger partial charge in [0, 0.05) is 37.9 Å². The number of pyridine rings is 1. The Bertz CT molecular complexity index is 1380. The number of carbonyl (C=O) groups is 1. The summed E-state index contributed by atoms with van der Waals surface area (Å²) in [6.07, 6.45) is 3.13. The number of aliphatic hydroxyl groups excluding tert-OH is 1. The van der Waals surface area contributed by atoms with Crippen molar-refractivity contribution >= 4 is 21.6 Å². The van der Waals surface area contributed by atoms with Gasteiger partial charge < -0.3 is 14.7 Å². The second-order valence-corrected chi connectivity index (χ2v) is 12.0. The molecule has 1 aromatic heterocycles. The number of nitrogens with one attached hydrogen (secondary N) is 1. The lowest BCUT2D eigenvalue weighted by Gasteiger charge is -2.38. The van der Waals surface area contributed by atoms with Crippen LogP contribution in [0, 0.1) is 12.8 Å². The summed E-state index contributed by atoms with van der Waals surface area (Å²) in [5, 5.41) is 9.90. The zero-order chi connectivity index (χ0) is 28.2. The molecule has 0 unspecified atom stereocenters. The Kier molecular flexibility index (Phi) is 8.89. The van der Waals surface area contributed by atoms with Crippen molar-refractivity contribution in [3.63, 3.8) is 0 Å². The second-order valence-electron chi connectivity index (χ2n) is 10.3. The zero-order valence-electron chi connectivity index (χ0n) is 22.7. The Morgan fingerprint density at radius 1 is 1.15 bits per heavy atom. The van der Waals surface area contributed by atoms with Crippen molar-refractivity contribution < 1.29 is 23.1 Å². The highest BCUT2D eigenvalue weighted by Gasteiger charge is 2.35. The molecule has 4 rings (SSSR count). The lowest BCUT2D eigenvalue weighted by molar-refractivity contribution is 0.0344. The molecule has 3 atom stereocenters. The summed E-state index contributed by atoms with van der Waals surface area (Å²) in [6, 6.07) is 14.9. The van der Waals surface area contributed by atoms with Crippen LogP contribution in [-0.4, -0.2) is 73.1 Å². The maximum absolute atomic E-state index is 13.7. The number of likely N-dealkylation sites (N-methyl/N-ethyl adjacent to an activating group) is 1. The monoisotopic (exact) mass is 552 g/mol. The van der Waals surface area contributed by atoms with E-state index in [-0.39, 0.29) is 46.4 Å². The number of carbonyl (C=O) groups excluding carboxylic acids is 1. The molecular formula is C29H36N4O5S. The number of nitrogens with zero attached hydrogens (tertiary/aromatic N) is 3. The molecule has 0 bridgehead atoms. The van der Waals surface area contributed by atoms with Crippen LogP contribution in [0.3, 0.4) is 0 Å². The van der Waals surface area contributed by atoms with Crippen LogP contribution >= 0.6 is 0 Å². The molecule has 0 spiro atoms. The summed E-state index contributed by atoms with van der Waals surface area (Å²) in [6.45, 7) is 7.06. The van der Waals surface area contributed by atoms with Crippen LogP contribution in [0.4, 0.5) is 5.69 Å². The molecule has 0 saturated heterocycles. The number of amides is 1. The van der Waals surface area contributed by atoms with Crippen molar-refractivity contribution in [2.75, 3.05) is 31.5 Å². The highest BCUT2D eigenvalue weighted by Crippen LogP contribution is 2.36. The molecular weight excluding hydrogens is 516 g/mol. The minimum absolute atomic E-state index is 0.111. The Morgan fingerprint density at radius 2 is 1.85 bits per heavy atom. The molecule has 2 aromatic carbocycles. The molecule has 39 heavy (non-hydrogen) atoms. The van der Waals surface area contributed by atoms with Crippen LogP contribution in [-0.2, 0) is 16.6 Å². The fourth-order valence-corrected chi connectivity index (χ4v) is 5.70. The summed E-state index contributed by atoms with van der Waals surface area (Å²) in [4.78, 5) is 21.6. The summed E-state index contributed by atoms with van der Waals surface area (Å²) >= 11 is 0. The second kappa shape index (κ2) is 12.1. The number of fused-ring (bicyclic) bond motifs is 1. The lowest BCUT2D eigenvalue weighted by atomic mass is 9.99. The van der Waals surface area contributed by atoms with Crippen molar-refractivity contribution in [2.45, 2.75) is 44.4 Å². The fraction of sp³-hybridized carbons (Fsp3) is 0.379. The number of anilines is 1. The van der Waals surface area contributed by atoms with Gasteiger partial charge in [-0.05, 0) is 62.9 Å². The summed E-state index contributed by atoms with van der Waals surface area (Å²) in [5.74, 6) is -0.252. The summed E-state index contributed by atoms with van der Waals surface area (Å²) in [7, 11) is -1.96. The van der Waals surface area contributed by atoms with Gasteiger partial charge in [-0.15, -0.1) is 0 Å². The summed E-state index contributed by atoms with van der Waals surface area (Å²) in [5.41, 5.74) is 2.48. The Hall–Kier alpha value is -3.47. The quantitative estimate of drug-likeness (QED) is 0.418. The number of benzene rings is 2. The topological polar surface area (TPSA) is 112 Å². The first kappa shape index (κ1) is 28.5. The summed E-state index contributed by atoms with van der Waals surface area (Å²) < 4.78 is 35.7. The van der Waals surface area contributed by atoms with E-state index in [1.165, 1.54) is 0 Å². The molecule has 3 aromatic rings. The van der Waals surface area contributed by atoms with Crippen LogP contribution in [0.2, 0.25) is 0 Å². The average molecular weight is 553 g/mol. The van der Waals surface area contributed by atoms with E-state index in [9.17, 15) is 18.3 Å². The number of aliphatic hydroxyl groups is 1. The van der Waals surface area contributed by atoms with E-state index in [0.717, 1.165) is 11.1 Å². The van der Waals surface area contributed by atoms with E-state index in [4.69, 9.17) is 4.74 Å². The van der Waals surface area contributed by atoms with Crippen molar-refractivity contribution in [1.29, 1.82) is 0 Å². The van der Waals surface area contributed by atoms with Gasteiger partial charge in [-0.3, -0.25) is 19.4 Å². The zero-order valence-corrected chi connectivity index (χ0v) is 23.6. The highest BCUT2D eigenvalue weighted by atomic mass is 32.2. The molecule has 2 heterocycles. The van der Waals surface area contributed by atoms with Gasteiger partial charge in [0.2, 0.25) is 0 Å². The van der Waals surface area contributed by atoms with Gasteiger partial charge in [-0.2, -0.15) is 0 Å². The van der Waals surface area contributed by atoms with Crippen LogP contribution < -0.4 is 9.46 Å². The minimum Gasteiger partial charge on any atom is -0.486 e. The normalized spacial score (nSPS) is 18.6. The number of hydrogen-bond donors (Lipinski definition) is 2. The van der Waals surface area contributed by atoms with E-state index in [1.54, 1.807) is 66.7 Å². The van der Waals surface area contributed by atoms with Crippen molar-refractivity contribution in [3.8, 4) is 5.75 Å². The van der Waals surface area contributed by atoms with Gasteiger partial charge in [-0.25, -0.2) is 8.42 Å². The van der Waals surface area contributed by atoms with Crippen LogP contribution in [0.25, 0.3) is 0 Å². The minimum atomic E-state index is -3.94. The smallest absolute Gasteiger partial charge is 0.262 e. The molecule has 2 N–H and O–H groups in total. The van der Waals surface area contributed by atoms with Gasteiger partial charge in [-0.1, -0.05) is 30.7 Å². The van der Waals surface area contributed by atoms with E-state index in [2.05, 4.69) is 14.6 Å². The SMILES string of the molecule is Cc1ccc(S(=O)(=O)Nc2cccc3c2O[C@H](CN(C)Cc2ccncc2)[C@@H](C)CN([C@H](C)CO)C3=O)cc1. The van der Waals surface area contributed by atoms with E-state index < -0.39 is 16.1 Å². The number of hydrogen-bond acceptors (Lipinski definition) is 7. The maximum atomic E-state index is 13.7. The van der Waals surface area contributed by atoms with E-state index in [1.807, 2.05) is 33.0 Å². The van der Waals surface area contributed by atoms with Gasteiger partial charge in [0.25, 0.3) is 15.9 Å². The average Bonchev–Trinajstić information content (AvgIpc) is 2.91. The number of para-hydroxylation sites is 1. The largest absolute Gasteiger partial charge is 0.486 e. The third-order valence-electron chi connectivity index (χ3n) is 6.96. The number of ether oxygens (including phenoxy) is 1. The molecule has 0 fully saturated rings. The fourth-order valence-electron chi connectivity index (χ4n) is 4.63. The first-order chi connectivity index (χ1) is 18.6.